The summed E-state index contributed by atoms with van der Waals surface area (Å²) in [5.41, 5.74) is 1.08. The van der Waals surface area contributed by atoms with E-state index in [1.807, 2.05) is 47.4 Å². The third-order valence-corrected chi connectivity index (χ3v) is 4.69. The second kappa shape index (κ2) is 5.38. The van der Waals surface area contributed by atoms with Crippen LogP contribution in [0.4, 0.5) is 5.82 Å². The molecule has 5 heteroatoms. The molecular formula is C17H16ClN3O. The highest BCUT2D eigenvalue weighted by molar-refractivity contribution is 6.30. The Kier molecular flexibility index (Phi) is 3.36. The molecule has 1 aromatic heterocycles. The summed E-state index contributed by atoms with van der Waals surface area (Å²) in [4.78, 5) is 21.3. The Morgan fingerprint density at radius 1 is 1.14 bits per heavy atom. The number of carbonyl (C=O) groups is 1. The fourth-order valence-electron chi connectivity index (χ4n) is 3.49. The lowest BCUT2D eigenvalue weighted by atomic mass is 10.1. The molecule has 2 atom stereocenters. The molecule has 2 aromatic rings. The minimum atomic E-state index is -0.0906. The van der Waals surface area contributed by atoms with Crippen molar-refractivity contribution in [3.05, 3.63) is 59.2 Å². The van der Waals surface area contributed by atoms with Crippen LogP contribution in [0, 0.1) is 0 Å². The molecule has 0 radical (unpaired) electrons. The molecule has 2 aliphatic heterocycles. The molecule has 1 amide bonds. The Morgan fingerprint density at radius 3 is 2.68 bits per heavy atom. The largest absolute Gasteiger partial charge is 0.275 e. The third-order valence-electron chi connectivity index (χ3n) is 4.44. The van der Waals surface area contributed by atoms with E-state index in [0.717, 1.165) is 24.9 Å². The number of fused-ring (bicyclic) bond motifs is 1. The molecule has 22 heavy (non-hydrogen) atoms. The maximum Gasteiger partial charge on any atom is 0.247 e. The number of aromatic nitrogens is 1. The molecule has 0 N–H and O–H groups in total. The zero-order valence-electron chi connectivity index (χ0n) is 12.0. The van der Waals surface area contributed by atoms with E-state index in [-0.39, 0.29) is 18.1 Å². The van der Waals surface area contributed by atoms with Crippen LogP contribution in [0.15, 0.2) is 48.7 Å². The van der Waals surface area contributed by atoms with Gasteiger partial charge in [0.25, 0.3) is 0 Å². The molecule has 0 aliphatic carbocycles. The van der Waals surface area contributed by atoms with Crippen molar-refractivity contribution >= 4 is 23.3 Å². The smallest absolute Gasteiger partial charge is 0.247 e. The zero-order chi connectivity index (χ0) is 15.1. The second-order valence-electron chi connectivity index (χ2n) is 5.72. The lowest BCUT2D eigenvalue weighted by molar-refractivity contribution is -0.119. The third kappa shape index (κ3) is 2.11. The maximum absolute atomic E-state index is 12.9. The summed E-state index contributed by atoms with van der Waals surface area (Å²) in [7, 11) is 0. The molecule has 1 aromatic carbocycles. The van der Waals surface area contributed by atoms with Gasteiger partial charge >= 0.3 is 0 Å². The molecule has 0 unspecified atom stereocenters. The molecule has 3 heterocycles. The summed E-state index contributed by atoms with van der Waals surface area (Å²) in [6.07, 6.45) is 3.63. The van der Waals surface area contributed by atoms with Crippen molar-refractivity contribution in [3.8, 4) is 0 Å². The number of carbonyl (C=O) groups excluding carboxylic acids is 1. The molecule has 2 fully saturated rings. The minimum Gasteiger partial charge on any atom is -0.275 e. The average molecular weight is 314 g/mol. The predicted octanol–water partition coefficient (Wildman–Crippen LogP) is 3.24. The van der Waals surface area contributed by atoms with Crippen LogP contribution < -0.4 is 4.90 Å². The summed E-state index contributed by atoms with van der Waals surface area (Å²) >= 11 is 6.01. The summed E-state index contributed by atoms with van der Waals surface area (Å²) in [6, 6.07) is 13.4. The highest BCUT2D eigenvalue weighted by Gasteiger charge is 2.49. The fourth-order valence-corrected chi connectivity index (χ4v) is 3.61. The molecule has 2 saturated heterocycles. The van der Waals surface area contributed by atoms with Crippen LogP contribution in [0.3, 0.4) is 0 Å². The van der Waals surface area contributed by atoms with Gasteiger partial charge in [-0.1, -0.05) is 29.8 Å². The first-order chi connectivity index (χ1) is 10.8. The van der Waals surface area contributed by atoms with Crippen LogP contribution in [0.2, 0.25) is 5.02 Å². The summed E-state index contributed by atoms with van der Waals surface area (Å²) < 4.78 is 0. The van der Waals surface area contributed by atoms with Crippen molar-refractivity contribution in [2.45, 2.75) is 25.0 Å². The molecule has 4 nitrogen and oxygen atoms in total. The van der Waals surface area contributed by atoms with Gasteiger partial charge in [-0.3, -0.25) is 14.6 Å². The first-order valence-electron chi connectivity index (χ1n) is 7.51. The zero-order valence-corrected chi connectivity index (χ0v) is 12.8. The van der Waals surface area contributed by atoms with Crippen LogP contribution in [-0.2, 0) is 4.79 Å². The van der Waals surface area contributed by atoms with Crippen LogP contribution in [0.5, 0.6) is 0 Å². The van der Waals surface area contributed by atoms with Gasteiger partial charge in [-0.25, -0.2) is 4.98 Å². The van der Waals surface area contributed by atoms with Gasteiger partial charge in [0, 0.05) is 17.8 Å². The molecule has 0 saturated carbocycles. The van der Waals surface area contributed by atoms with Crippen molar-refractivity contribution < 1.29 is 4.79 Å². The number of pyridine rings is 1. The Bertz CT molecular complexity index is 689. The molecule has 0 bridgehead atoms. The van der Waals surface area contributed by atoms with E-state index >= 15 is 0 Å². The molecular weight excluding hydrogens is 298 g/mol. The van der Waals surface area contributed by atoms with Gasteiger partial charge in [-0.15, -0.1) is 0 Å². The van der Waals surface area contributed by atoms with E-state index < -0.39 is 0 Å². The normalized spacial score (nSPS) is 24.8. The number of hydrogen-bond donors (Lipinski definition) is 0. The number of rotatable bonds is 2. The Morgan fingerprint density at radius 2 is 1.95 bits per heavy atom. The van der Waals surface area contributed by atoms with Crippen LogP contribution >= 0.6 is 11.6 Å². The Labute approximate surface area is 134 Å². The fraction of sp³-hybridized carbons (Fsp3) is 0.294. The number of benzene rings is 1. The highest BCUT2D eigenvalue weighted by Crippen LogP contribution is 2.41. The molecule has 2 aliphatic rings. The van der Waals surface area contributed by atoms with Gasteiger partial charge in [-0.05, 0) is 42.7 Å². The van der Waals surface area contributed by atoms with Gasteiger partial charge in [0.05, 0.1) is 6.04 Å². The van der Waals surface area contributed by atoms with Crippen LogP contribution in [0.25, 0.3) is 0 Å². The summed E-state index contributed by atoms with van der Waals surface area (Å²) in [5, 5.41) is 0.704. The van der Waals surface area contributed by atoms with Crippen molar-refractivity contribution in [1.29, 1.82) is 0 Å². The molecule has 4 rings (SSSR count). The first kappa shape index (κ1) is 13.7. The quantitative estimate of drug-likeness (QED) is 0.854. The van der Waals surface area contributed by atoms with Gasteiger partial charge < -0.3 is 0 Å². The SMILES string of the molecule is O=C1[C@@H]2CCCN2[C@@H](c2ccc(Cl)cc2)N1c1ccccn1. The number of halogens is 1. The average Bonchev–Trinajstić information content (AvgIpc) is 3.12. The number of amides is 1. The number of nitrogens with zero attached hydrogens (tertiary/aromatic N) is 3. The maximum atomic E-state index is 12.9. The lowest BCUT2D eigenvalue weighted by Gasteiger charge is -2.29. The second-order valence-corrected chi connectivity index (χ2v) is 6.15. The van der Waals surface area contributed by atoms with E-state index in [2.05, 4.69) is 9.88 Å². The standard InChI is InChI=1S/C17H16ClN3O/c18-13-8-6-12(7-9-13)16-20-11-3-4-14(20)17(22)21(16)15-5-1-2-10-19-15/h1-2,5-10,14,16H,3-4,11H2/t14-,16+/m0/s1. The predicted molar refractivity (Wildman–Crippen MR) is 85.6 cm³/mol. The van der Waals surface area contributed by atoms with Gasteiger partial charge in [-0.2, -0.15) is 0 Å². The minimum absolute atomic E-state index is 0.0253. The summed E-state index contributed by atoms with van der Waals surface area (Å²) in [6.45, 7) is 0.938. The van der Waals surface area contributed by atoms with Gasteiger partial charge in [0.15, 0.2) is 0 Å². The van der Waals surface area contributed by atoms with Crippen molar-refractivity contribution in [2.24, 2.45) is 0 Å². The van der Waals surface area contributed by atoms with Crippen molar-refractivity contribution in [1.82, 2.24) is 9.88 Å². The van der Waals surface area contributed by atoms with E-state index in [9.17, 15) is 4.79 Å². The van der Waals surface area contributed by atoms with Gasteiger partial charge in [0.1, 0.15) is 12.0 Å². The first-order valence-corrected chi connectivity index (χ1v) is 7.89. The molecule has 0 spiro atoms. The van der Waals surface area contributed by atoms with E-state index in [0.29, 0.717) is 10.8 Å². The van der Waals surface area contributed by atoms with Gasteiger partial charge in [0.2, 0.25) is 5.91 Å². The number of hydrogen-bond acceptors (Lipinski definition) is 3. The van der Waals surface area contributed by atoms with Crippen molar-refractivity contribution in [2.75, 3.05) is 11.4 Å². The molecule has 112 valence electrons. The monoisotopic (exact) mass is 313 g/mol. The Hall–Kier alpha value is -1.91. The topological polar surface area (TPSA) is 36.4 Å². The van der Waals surface area contributed by atoms with Crippen LogP contribution in [0.1, 0.15) is 24.6 Å². The lowest BCUT2D eigenvalue weighted by Crippen LogP contribution is -2.32. The van der Waals surface area contributed by atoms with Crippen LogP contribution in [-0.4, -0.2) is 28.4 Å². The Balaban J connectivity index is 1.80. The van der Waals surface area contributed by atoms with E-state index in [1.54, 1.807) is 6.20 Å². The van der Waals surface area contributed by atoms with Crippen molar-refractivity contribution in [3.63, 3.8) is 0 Å². The highest BCUT2D eigenvalue weighted by atomic mass is 35.5. The summed E-state index contributed by atoms with van der Waals surface area (Å²) in [5.74, 6) is 0.859. The van der Waals surface area contributed by atoms with E-state index in [1.165, 1.54) is 0 Å². The van der Waals surface area contributed by atoms with E-state index in [4.69, 9.17) is 11.6 Å². The number of anilines is 1.